The van der Waals surface area contributed by atoms with Crippen molar-refractivity contribution in [1.29, 1.82) is 0 Å². The van der Waals surface area contributed by atoms with Crippen molar-refractivity contribution in [3.05, 3.63) is 0 Å². The molecule has 72 valence electrons. The Labute approximate surface area is 76.9 Å². The molecule has 0 bridgehead atoms. The van der Waals surface area contributed by atoms with E-state index in [0.29, 0.717) is 0 Å². The second-order valence-electron chi connectivity index (χ2n) is 4.38. The van der Waals surface area contributed by atoms with Crippen LogP contribution in [0.25, 0.3) is 0 Å². The molecule has 1 rings (SSSR count). The highest BCUT2D eigenvalue weighted by Crippen LogP contribution is 2.31. The van der Waals surface area contributed by atoms with Crippen LogP contribution in [0.15, 0.2) is 0 Å². The molecule has 0 amide bonds. The normalized spacial score (nSPS) is 30.5. The van der Waals surface area contributed by atoms with E-state index in [1.54, 1.807) is 0 Å². The quantitative estimate of drug-likeness (QED) is 0.638. The zero-order valence-electron chi connectivity index (χ0n) is 8.60. The van der Waals surface area contributed by atoms with E-state index in [4.69, 9.17) is 0 Å². The van der Waals surface area contributed by atoms with Crippen molar-refractivity contribution in [2.24, 2.45) is 11.8 Å². The molecule has 12 heavy (non-hydrogen) atoms. The number of nitrogens with one attached hydrogen (secondary N) is 1. The maximum Gasteiger partial charge on any atom is -0.00518 e. The molecular weight excluding hydrogens is 146 g/mol. The predicted octanol–water partition coefficient (Wildman–Crippen LogP) is 2.81. The molecular formula is C11H23N. The van der Waals surface area contributed by atoms with Gasteiger partial charge in [0.2, 0.25) is 0 Å². The molecule has 2 atom stereocenters. The monoisotopic (exact) mass is 169 g/mol. The van der Waals surface area contributed by atoms with Gasteiger partial charge in [0.1, 0.15) is 0 Å². The van der Waals surface area contributed by atoms with Crippen molar-refractivity contribution in [2.45, 2.75) is 45.4 Å². The van der Waals surface area contributed by atoms with Crippen molar-refractivity contribution in [2.75, 3.05) is 13.6 Å². The molecule has 0 spiro atoms. The van der Waals surface area contributed by atoms with Crippen LogP contribution in [0.2, 0.25) is 0 Å². The maximum atomic E-state index is 3.22. The summed E-state index contributed by atoms with van der Waals surface area (Å²) in [5.74, 6) is 2.04. The lowest BCUT2D eigenvalue weighted by molar-refractivity contribution is 0.265. The molecule has 0 aromatic carbocycles. The molecule has 1 aliphatic rings. The summed E-state index contributed by atoms with van der Waals surface area (Å²) in [5.41, 5.74) is 0. The Hall–Kier alpha value is -0.0400. The van der Waals surface area contributed by atoms with Gasteiger partial charge in [-0.25, -0.2) is 0 Å². The molecule has 2 unspecified atom stereocenters. The average molecular weight is 169 g/mol. The SMILES string of the molecule is CNCCCC1CCCC(C)C1. The molecule has 0 radical (unpaired) electrons. The largest absolute Gasteiger partial charge is 0.320 e. The third-order valence-electron chi connectivity index (χ3n) is 3.08. The molecule has 0 aliphatic heterocycles. The van der Waals surface area contributed by atoms with Gasteiger partial charge in [-0.1, -0.05) is 26.2 Å². The molecule has 1 heteroatoms. The molecule has 1 saturated carbocycles. The van der Waals surface area contributed by atoms with Crippen LogP contribution in [0, 0.1) is 11.8 Å². The molecule has 0 heterocycles. The van der Waals surface area contributed by atoms with Gasteiger partial charge in [-0.2, -0.15) is 0 Å². The van der Waals surface area contributed by atoms with Gasteiger partial charge in [0.15, 0.2) is 0 Å². The number of hydrogen-bond acceptors (Lipinski definition) is 1. The summed E-state index contributed by atoms with van der Waals surface area (Å²) in [4.78, 5) is 0. The highest BCUT2D eigenvalue weighted by atomic mass is 14.8. The highest BCUT2D eigenvalue weighted by Gasteiger charge is 2.17. The van der Waals surface area contributed by atoms with Crippen molar-refractivity contribution in [3.63, 3.8) is 0 Å². The Morgan fingerprint density at radius 1 is 1.33 bits per heavy atom. The topological polar surface area (TPSA) is 12.0 Å². The Morgan fingerprint density at radius 2 is 2.17 bits per heavy atom. The summed E-state index contributed by atoms with van der Waals surface area (Å²) >= 11 is 0. The minimum Gasteiger partial charge on any atom is -0.320 e. The molecule has 1 N–H and O–H groups in total. The van der Waals surface area contributed by atoms with E-state index in [1.807, 2.05) is 7.05 Å². The summed E-state index contributed by atoms with van der Waals surface area (Å²) in [6, 6.07) is 0. The summed E-state index contributed by atoms with van der Waals surface area (Å²) in [5, 5.41) is 3.22. The highest BCUT2D eigenvalue weighted by molar-refractivity contribution is 4.70. The van der Waals surface area contributed by atoms with Gasteiger partial charge in [0.25, 0.3) is 0 Å². The zero-order valence-corrected chi connectivity index (χ0v) is 8.60. The van der Waals surface area contributed by atoms with Crippen molar-refractivity contribution in [3.8, 4) is 0 Å². The van der Waals surface area contributed by atoms with Crippen LogP contribution in [0.5, 0.6) is 0 Å². The summed E-state index contributed by atoms with van der Waals surface area (Å²) in [6.07, 6.45) is 8.75. The van der Waals surface area contributed by atoms with Crippen LogP contribution in [0.1, 0.15) is 45.4 Å². The van der Waals surface area contributed by atoms with Gasteiger partial charge in [0.05, 0.1) is 0 Å². The van der Waals surface area contributed by atoms with Gasteiger partial charge < -0.3 is 5.32 Å². The first-order valence-corrected chi connectivity index (χ1v) is 5.47. The van der Waals surface area contributed by atoms with Crippen LogP contribution in [-0.2, 0) is 0 Å². The van der Waals surface area contributed by atoms with Crippen LogP contribution >= 0.6 is 0 Å². The van der Waals surface area contributed by atoms with E-state index in [0.717, 1.165) is 11.8 Å². The minimum absolute atomic E-state index is 0.998. The van der Waals surface area contributed by atoms with Gasteiger partial charge in [0, 0.05) is 0 Å². The first kappa shape index (κ1) is 10.0. The fraction of sp³-hybridized carbons (Fsp3) is 1.00. The summed E-state index contributed by atoms with van der Waals surface area (Å²) < 4.78 is 0. The van der Waals surface area contributed by atoms with E-state index < -0.39 is 0 Å². The first-order chi connectivity index (χ1) is 5.83. The molecule has 0 aromatic heterocycles. The third-order valence-corrected chi connectivity index (χ3v) is 3.08. The summed E-state index contributed by atoms with van der Waals surface area (Å²) in [6.45, 7) is 3.61. The molecule has 1 fully saturated rings. The van der Waals surface area contributed by atoms with Gasteiger partial charge in [-0.15, -0.1) is 0 Å². The second kappa shape index (κ2) is 5.58. The van der Waals surface area contributed by atoms with E-state index in [2.05, 4.69) is 12.2 Å². The van der Waals surface area contributed by atoms with Crippen LogP contribution in [0.3, 0.4) is 0 Å². The zero-order chi connectivity index (χ0) is 8.81. The lowest BCUT2D eigenvalue weighted by Crippen LogP contribution is -2.15. The van der Waals surface area contributed by atoms with Crippen molar-refractivity contribution < 1.29 is 0 Å². The van der Waals surface area contributed by atoms with Crippen LogP contribution in [-0.4, -0.2) is 13.6 Å². The fourth-order valence-electron chi connectivity index (χ4n) is 2.39. The Balaban J connectivity index is 2.06. The predicted molar refractivity (Wildman–Crippen MR) is 54.3 cm³/mol. The van der Waals surface area contributed by atoms with E-state index in [9.17, 15) is 0 Å². The standard InChI is InChI=1S/C11H23N/c1-10-5-3-6-11(9-10)7-4-8-12-2/h10-12H,3-9H2,1-2H3. The third kappa shape index (κ3) is 3.57. The molecule has 1 nitrogen and oxygen atoms in total. The smallest absolute Gasteiger partial charge is 0.00518 e. The second-order valence-corrected chi connectivity index (χ2v) is 4.38. The Bertz CT molecular complexity index is 112. The van der Waals surface area contributed by atoms with E-state index in [-0.39, 0.29) is 0 Å². The van der Waals surface area contributed by atoms with Gasteiger partial charge in [-0.05, 0) is 44.7 Å². The van der Waals surface area contributed by atoms with Crippen LogP contribution < -0.4 is 5.32 Å². The Kier molecular flexibility index (Phi) is 4.67. The van der Waals surface area contributed by atoms with Gasteiger partial charge >= 0.3 is 0 Å². The molecule has 0 aromatic rings. The van der Waals surface area contributed by atoms with E-state index in [1.165, 1.54) is 45.1 Å². The first-order valence-electron chi connectivity index (χ1n) is 5.47. The Morgan fingerprint density at radius 3 is 2.83 bits per heavy atom. The molecule has 1 aliphatic carbocycles. The minimum atomic E-state index is 0.998. The maximum absolute atomic E-state index is 3.22. The van der Waals surface area contributed by atoms with Crippen molar-refractivity contribution >= 4 is 0 Å². The van der Waals surface area contributed by atoms with Gasteiger partial charge in [-0.3, -0.25) is 0 Å². The van der Waals surface area contributed by atoms with Crippen molar-refractivity contribution in [1.82, 2.24) is 5.32 Å². The van der Waals surface area contributed by atoms with Crippen LogP contribution in [0.4, 0.5) is 0 Å². The number of hydrogen-bond donors (Lipinski definition) is 1. The summed E-state index contributed by atoms with van der Waals surface area (Å²) in [7, 11) is 2.05. The lowest BCUT2D eigenvalue weighted by atomic mass is 9.80. The van der Waals surface area contributed by atoms with E-state index >= 15 is 0 Å². The average Bonchev–Trinajstić information content (AvgIpc) is 2.05. The molecule has 0 saturated heterocycles. The lowest BCUT2D eigenvalue weighted by Gasteiger charge is -2.26. The number of rotatable bonds is 4. The fourth-order valence-corrected chi connectivity index (χ4v) is 2.39.